The predicted molar refractivity (Wildman–Crippen MR) is 112 cm³/mol. The monoisotopic (exact) mass is 401 g/mol. The Morgan fingerprint density at radius 3 is 2.41 bits per heavy atom. The van der Waals surface area contributed by atoms with Crippen LogP contribution in [-0.4, -0.2) is 37.1 Å². The molecule has 0 aromatic heterocycles. The van der Waals surface area contributed by atoms with E-state index in [4.69, 9.17) is 9.47 Å². The molecule has 0 saturated carbocycles. The number of anilines is 1. The minimum Gasteiger partial charge on any atom is -0.493 e. The molecule has 2 N–H and O–H groups in total. The average Bonchev–Trinajstić information content (AvgIpc) is 2.71. The highest BCUT2D eigenvalue weighted by Crippen LogP contribution is 2.34. The van der Waals surface area contributed by atoms with E-state index < -0.39 is 10.8 Å². The molecule has 1 amide bonds. The first-order valence-electron chi connectivity index (χ1n) is 9.46. The molecule has 0 heterocycles. The van der Waals surface area contributed by atoms with Crippen LogP contribution in [0.15, 0.2) is 42.5 Å². The number of carbonyl (C=O) groups is 1. The fourth-order valence-corrected chi connectivity index (χ4v) is 2.81. The molecule has 2 aromatic carbocycles. The maximum atomic E-state index is 12.8. The van der Waals surface area contributed by atoms with E-state index in [9.17, 15) is 14.9 Å². The van der Waals surface area contributed by atoms with Gasteiger partial charge in [-0.2, -0.15) is 0 Å². The minimum absolute atomic E-state index is 0.0509. The molecule has 8 heteroatoms. The number of hydrogen-bond donors (Lipinski definition) is 2. The van der Waals surface area contributed by atoms with E-state index in [2.05, 4.69) is 10.6 Å². The number of nitro benzene ring substituents is 1. The molecule has 0 saturated heterocycles. The third-order valence-electron chi connectivity index (χ3n) is 4.44. The molecule has 0 spiro atoms. The maximum Gasteiger partial charge on any atom is 0.286 e. The Hall–Kier alpha value is -3.29. The fourth-order valence-electron chi connectivity index (χ4n) is 2.81. The molecule has 0 radical (unpaired) electrons. The highest BCUT2D eigenvalue weighted by Gasteiger charge is 2.25. The number of carbonyl (C=O) groups excluding carboxylic acids is 1. The number of nitrogens with zero attached hydrogens (tertiary/aromatic N) is 1. The fraction of sp³-hybridized carbons (Fsp3) is 0.381. The van der Waals surface area contributed by atoms with Crippen LogP contribution in [0.1, 0.15) is 31.1 Å². The smallest absolute Gasteiger partial charge is 0.286 e. The van der Waals surface area contributed by atoms with Gasteiger partial charge in [0.05, 0.1) is 24.7 Å². The van der Waals surface area contributed by atoms with Crippen molar-refractivity contribution in [3.05, 3.63) is 58.1 Å². The van der Waals surface area contributed by atoms with Crippen molar-refractivity contribution >= 4 is 17.3 Å². The van der Waals surface area contributed by atoms with Gasteiger partial charge in [0, 0.05) is 24.3 Å². The van der Waals surface area contributed by atoms with E-state index in [1.54, 1.807) is 6.92 Å². The van der Waals surface area contributed by atoms with Crippen LogP contribution in [0.4, 0.5) is 11.4 Å². The molecular formula is C21H27N3O5. The van der Waals surface area contributed by atoms with Crippen LogP contribution in [0.25, 0.3) is 0 Å². The van der Waals surface area contributed by atoms with Crippen molar-refractivity contribution in [2.75, 3.05) is 25.6 Å². The summed E-state index contributed by atoms with van der Waals surface area (Å²) in [4.78, 5) is 23.6. The first-order chi connectivity index (χ1) is 13.9. The van der Waals surface area contributed by atoms with E-state index in [-0.39, 0.29) is 34.7 Å². The SMILES string of the molecule is CCOc1cc(C(=O)NCC(Nc2ccccc2)C(C)C)c([N+](=O)[O-])cc1OC. The van der Waals surface area contributed by atoms with Crippen molar-refractivity contribution in [2.24, 2.45) is 5.92 Å². The van der Waals surface area contributed by atoms with E-state index in [0.717, 1.165) is 5.69 Å². The molecule has 0 aliphatic heterocycles. The molecule has 0 aliphatic carbocycles. The Labute approximate surface area is 170 Å². The first kappa shape index (κ1) is 22.0. The summed E-state index contributed by atoms with van der Waals surface area (Å²) in [5.41, 5.74) is 0.538. The van der Waals surface area contributed by atoms with Gasteiger partial charge in [-0.1, -0.05) is 32.0 Å². The highest BCUT2D eigenvalue weighted by atomic mass is 16.6. The van der Waals surface area contributed by atoms with Crippen LogP contribution in [-0.2, 0) is 0 Å². The summed E-state index contributed by atoms with van der Waals surface area (Å²) in [6, 6.07) is 12.2. The number of rotatable bonds is 10. The summed E-state index contributed by atoms with van der Waals surface area (Å²) in [5.74, 6) is 0.177. The van der Waals surface area contributed by atoms with Crippen molar-refractivity contribution in [1.82, 2.24) is 5.32 Å². The third kappa shape index (κ3) is 5.84. The quantitative estimate of drug-likeness (QED) is 0.463. The zero-order valence-electron chi connectivity index (χ0n) is 17.1. The third-order valence-corrected chi connectivity index (χ3v) is 4.44. The lowest BCUT2D eigenvalue weighted by Crippen LogP contribution is -2.39. The van der Waals surface area contributed by atoms with Gasteiger partial charge in [-0.3, -0.25) is 14.9 Å². The second-order valence-electron chi connectivity index (χ2n) is 6.78. The second-order valence-corrected chi connectivity index (χ2v) is 6.78. The van der Waals surface area contributed by atoms with E-state index >= 15 is 0 Å². The molecular weight excluding hydrogens is 374 g/mol. The van der Waals surface area contributed by atoms with E-state index in [1.165, 1.54) is 19.2 Å². The van der Waals surface area contributed by atoms with Gasteiger partial charge in [0.15, 0.2) is 11.5 Å². The van der Waals surface area contributed by atoms with Gasteiger partial charge in [0.1, 0.15) is 5.56 Å². The Morgan fingerprint density at radius 1 is 1.17 bits per heavy atom. The summed E-state index contributed by atoms with van der Waals surface area (Å²) in [6.07, 6.45) is 0. The van der Waals surface area contributed by atoms with Crippen molar-refractivity contribution in [3.8, 4) is 11.5 Å². The molecule has 2 aromatic rings. The summed E-state index contributed by atoms with van der Waals surface area (Å²) in [5, 5.41) is 17.6. The number of amides is 1. The van der Waals surface area contributed by atoms with Crippen LogP contribution < -0.4 is 20.1 Å². The average molecular weight is 401 g/mol. The number of benzene rings is 2. The van der Waals surface area contributed by atoms with Gasteiger partial charge in [0.25, 0.3) is 11.6 Å². The number of hydrogen-bond acceptors (Lipinski definition) is 6. The number of ether oxygens (including phenoxy) is 2. The largest absolute Gasteiger partial charge is 0.493 e. The lowest BCUT2D eigenvalue weighted by Gasteiger charge is -2.24. The van der Waals surface area contributed by atoms with Crippen LogP contribution in [0.5, 0.6) is 11.5 Å². The van der Waals surface area contributed by atoms with Gasteiger partial charge in [-0.15, -0.1) is 0 Å². The molecule has 2 rings (SSSR count). The zero-order chi connectivity index (χ0) is 21.4. The molecule has 0 aliphatic rings. The first-order valence-corrected chi connectivity index (χ1v) is 9.46. The number of para-hydroxylation sites is 1. The van der Waals surface area contributed by atoms with Gasteiger partial charge in [-0.05, 0) is 25.0 Å². The van der Waals surface area contributed by atoms with Gasteiger partial charge in [-0.25, -0.2) is 0 Å². The van der Waals surface area contributed by atoms with Crippen molar-refractivity contribution in [1.29, 1.82) is 0 Å². The maximum absolute atomic E-state index is 12.8. The molecule has 8 nitrogen and oxygen atoms in total. The molecule has 0 bridgehead atoms. The lowest BCUT2D eigenvalue weighted by molar-refractivity contribution is -0.385. The molecule has 156 valence electrons. The van der Waals surface area contributed by atoms with Crippen LogP contribution in [0.3, 0.4) is 0 Å². The summed E-state index contributed by atoms with van der Waals surface area (Å²) >= 11 is 0. The highest BCUT2D eigenvalue weighted by molar-refractivity contribution is 5.99. The summed E-state index contributed by atoms with van der Waals surface area (Å²) in [6.45, 7) is 6.50. The lowest BCUT2D eigenvalue weighted by atomic mass is 10.0. The topological polar surface area (TPSA) is 103 Å². The molecule has 29 heavy (non-hydrogen) atoms. The standard InChI is InChI=1S/C21H27N3O5/c1-5-29-20-11-16(18(24(26)27)12-19(20)28-4)21(25)22-13-17(14(2)3)23-15-9-7-6-8-10-15/h6-12,14,17,23H,5,13H2,1-4H3,(H,22,25). The summed E-state index contributed by atoms with van der Waals surface area (Å²) in [7, 11) is 1.39. The normalized spacial score (nSPS) is 11.6. The van der Waals surface area contributed by atoms with Crippen molar-refractivity contribution in [3.63, 3.8) is 0 Å². The number of nitrogens with one attached hydrogen (secondary N) is 2. The van der Waals surface area contributed by atoms with Crippen LogP contribution in [0.2, 0.25) is 0 Å². The van der Waals surface area contributed by atoms with Crippen molar-refractivity contribution < 1.29 is 19.2 Å². The van der Waals surface area contributed by atoms with Gasteiger partial charge < -0.3 is 20.1 Å². The Morgan fingerprint density at radius 2 is 1.86 bits per heavy atom. The number of nitro groups is 1. The van der Waals surface area contributed by atoms with Crippen LogP contribution in [0, 0.1) is 16.0 Å². The zero-order valence-corrected chi connectivity index (χ0v) is 17.1. The van der Waals surface area contributed by atoms with E-state index in [1.807, 2.05) is 44.2 Å². The summed E-state index contributed by atoms with van der Waals surface area (Å²) < 4.78 is 10.6. The Kier molecular flexibility index (Phi) is 7.82. The van der Waals surface area contributed by atoms with Gasteiger partial charge >= 0.3 is 0 Å². The van der Waals surface area contributed by atoms with E-state index in [0.29, 0.717) is 13.2 Å². The van der Waals surface area contributed by atoms with Gasteiger partial charge in [0.2, 0.25) is 0 Å². The van der Waals surface area contributed by atoms with Crippen molar-refractivity contribution in [2.45, 2.75) is 26.8 Å². The Balaban J connectivity index is 2.21. The molecule has 0 fully saturated rings. The molecule has 1 unspecified atom stereocenters. The second kappa shape index (κ2) is 10.3. The molecule has 1 atom stereocenters. The predicted octanol–water partition coefficient (Wildman–Crippen LogP) is 3.87. The Bertz CT molecular complexity index is 840. The number of methoxy groups -OCH3 is 1. The van der Waals surface area contributed by atoms with Crippen LogP contribution >= 0.6 is 0 Å². The minimum atomic E-state index is -0.602.